The molecule has 11 heteroatoms. The number of nitrogens with one attached hydrogen (secondary N) is 1. The lowest BCUT2D eigenvalue weighted by atomic mass is 10.0. The van der Waals surface area contributed by atoms with E-state index in [1.165, 1.54) is 16.2 Å². The van der Waals surface area contributed by atoms with Gasteiger partial charge in [0, 0.05) is 17.8 Å². The van der Waals surface area contributed by atoms with E-state index < -0.39 is 41.2 Å². The third kappa shape index (κ3) is 10.5. The number of nitrogens with two attached hydrogens (primary N) is 2. The summed E-state index contributed by atoms with van der Waals surface area (Å²) in [7, 11) is 0. The average Bonchev–Trinajstić information content (AvgIpc) is 3.16. The second-order valence-corrected chi connectivity index (χ2v) is 13.2. The molecule has 10 nitrogen and oxygen atoms in total. The van der Waals surface area contributed by atoms with E-state index in [-0.39, 0.29) is 18.0 Å². The van der Waals surface area contributed by atoms with Crippen molar-refractivity contribution in [2.45, 2.75) is 92.0 Å². The van der Waals surface area contributed by atoms with Crippen molar-refractivity contribution in [2.75, 3.05) is 5.32 Å². The van der Waals surface area contributed by atoms with Crippen molar-refractivity contribution in [3.63, 3.8) is 0 Å². The maximum Gasteiger partial charge on any atom is 0.411 e. The van der Waals surface area contributed by atoms with E-state index in [1.54, 1.807) is 47.6 Å². The summed E-state index contributed by atoms with van der Waals surface area (Å²) < 4.78 is 11.4. The van der Waals surface area contributed by atoms with Crippen molar-refractivity contribution < 1.29 is 28.7 Å². The first-order valence-corrected chi connectivity index (χ1v) is 14.0. The Bertz CT molecular complexity index is 1210. The number of esters is 1. The van der Waals surface area contributed by atoms with Crippen LogP contribution in [0.3, 0.4) is 0 Å². The fraction of sp³-hybridized carbons (Fsp3) is 0.517. The van der Waals surface area contributed by atoms with Gasteiger partial charge in [0.1, 0.15) is 22.2 Å². The van der Waals surface area contributed by atoms with E-state index >= 15 is 0 Å². The van der Waals surface area contributed by atoms with E-state index in [9.17, 15) is 19.2 Å². The summed E-state index contributed by atoms with van der Waals surface area (Å²) in [6.45, 7) is 14.8. The highest BCUT2D eigenvalue weighted by atomic mass is 32.1. The summed E-state index contributed by atoms with van der Waals surface area (Å²) >= 11 is 1.22. The number of benzene rings is 1. The van der Waals surface area contributed by atoms with Gasteiger partial charge in [-0.1, -0.05) is 38.1 Å². The Kier molecular flexibility index (Phi) is 10.7. The number of thiophene rings is 1. The van der Waals surface area contributed by atoms with Crippen LogP contribution in [-0.2, 0) is 27.2 Å². The highest BCUT2D eigenvalue weighted by molar-refractivity contribution is 7.16. The smallest absolute Gasteiger partial charge is 0.411 e. The maximum atomic E-state index is 13.4. The first-order chi connectivity index (χ1) is 18.3. The Labute approximate surface area is 240 Å². The fourth-order valence-corrected chi connectivity index (χ4v) is 4.97. The molecular formula is C29H42N4O6S. The molecule has 5 N–H and O–H groups in total. The van der Waals surface area contributed by atoms with Gasteiger partial charge in [-0.15, -0.1) is 11.3 Å². The zero-order chi connectivity index (χ0) is 30.4. The molecule has 0 fully saturated rings. The Morgan fingerprint density at radius 2 is 1.48 bits per heavy atom. The minimum Gasteiger partial charge on any atom is -0.458 e. The second kappa shape index (κ2) is 13.2. The fourth-order valence-electron chi connectivity index (χ4n) is 3.87. The van der Waals surface area contributed by atoms with Gasteiger partial charge in [0.15, 0.2) is 0 Å². The normalized spacial score (nSPS) is 12.5. The topological polar surface area (TPSA) is 154 Å². The quantitative estimate of drug-likeness (QED) is 0.322. The molecule has 0 spiro atoms. The molecule has 0 radical (unpaired) electrons. The predicted molar refractivity (Wildman–Crippen MR) is 156 cm³/mol. The molecule has 1 heterocycles. The van der Waals surface area contributed by atoms with Gasteiger partial charge < -0.3 is 20.9 Å². The first-order valence-electron chi connectivity index (χ1n) is 13.1. The number of carbonyl (C=O) groups is 4. The summed E-state index contributed by atoms with van der Waals surface area (Å²) in [6, 6.07) is 7.57. The van der Waals surface area contributed by atoms with Crippen molar-refractivity contribution in [2.24, 2.45) is 17.4 Å². The summed E-state index contributed by atoms with van der Waals surface area (Å²) in [5, 5.41) is 2.74. The van der Waals surface area contributed by atoms with Gasteiger partial charge in [0.2, 0.25) is 0 Å². The molecule has 0 aliphatic carbocycles. The van der Waals surface area contributed by atoms with E-state index in [1.807, 2.05) is 38.1 Å². The minimum atomic E-state index is -0.830. The number of anilines is 1. The molecule has 2 aromatic rings. The Hall–Kier alpha value is -3.60. The summed E-state index contributed by atoms with van der Waals surface area (Å²) in [6.07, 6.45) is 0.296. The van der Waals surface area contributed by atoms with Gasteiger partial charge in [-0.25, -0.2) is 14.4 Å². The maximum absolute atomic E-state index is 13.4. The van der Waals surface area contributed by atoms with Crippen LogP contribution >= 0.6 is 11.3 Å². The van der Waals surface area contributed by atoms with Crippen LogP contribution in [0.15, 0.2) is 30.3 Å². The minimum absolute atomic E-state index is 0.120. The van der Waals surface area contributed by atoms with Gasteiger partial charge in [0.05, 0.1) is 5.56 Å². The van der Waals surface area contributed by atoms with Crippen molar-refractivity contribution in [3.8, 4) is 0 Å². The monoisotopic (exact) mass is 574 g/mol. The van der Waals surface area contributed by atoms with Crippen molar-refractivity contribution >= 4 is 40.3 Å². The number of hydrogen-bond acceptors (Lipinski definition) is 7. The van der Waals surface area contributed by atoms with Crippen LogP contribution < -0.4 is 16.8 Å². The molecule has 0 aliphatic heterocycles. The third-order valence-corrected chi connectivity index (χ3v) is 6.47. The summed E-state index contributed by atoms with van der Waals surface area (Å²) in [5.41, 5.74) is 11.1. The average molecular weight is 575 g/mol. The first kappa shape index (κ1) is 32.6. The molecule has 40 heavy (non-hydrogen) atoms. The SMILES string of the molecule is CC(C)CC(C(=O)OC(C)(C)C)N(Cc1ccc(Cc2cc(C(N)=O)c(NC(N)=O)s2)cc1)C(=O)OC(C)(C)C. The van der Waals surface area contributed by atoms with Crippen LogP contribution in [0.4, 0.5) is 14.6 Å². The van der Waals surface area contributed by atoms with E-state index in [0.717, 1.165) is 16.0 Å². The van der Waals surface area contributed by atoms with E-state index in [0.29, 0.717) is 17.8 Å². The molecule has 1 unspecified atom stereocenters. The van der Waals surface area contributed by atoms with Crippen LogP contribution in [0.1, 0.15) is 88.2 Å². The van der Waals surface area contributed by atoms with Gasteiger partial charge in [0.25, 0.3) is 5.91 Å². The van der Waals surface area contributed by atoms with Crippen molar-refractivity contribution in [1.29, 1.82) is 0 Å². The van der Waals surface area contributed by atoms with Gasteiger partial charge in [-0.05, 0) is 71.1 Å². The lowest BCUT2D eigenvalue weighted by Gasteiger charge is -2.34. The van der Waals surface area contributed by atoms with Gasteiger partial charge >= 0.3 is 18.1 Å². The molecule has 0 aliphatic rings. The zero-order valence-electron chi connectivity index (χ0n) is 24.6. The molecule has 0 bridgehead atoms. The summed E-state index contributed by atoms with van der Waals surface area (Å²) in [4.78, 5) is 51.9. The van der Waals surface area contributed by atoms with Crippen LogP contribution in [-0.4, -0.2) is 46.1 Å². The molecule has 1 aromatic heterocycles. The third-order valence-electron chi connectivity index (χ3n) is 5.42. The van der Waals surface area contributed by atoms with Gasteiger partial charge in [-0.3, -0.25) is 15.0 Å². The van der Waals surface area contributed by atoms with E-state index in [4.69, 9.17) is 20.9 Å². The molecule has 0 saturated carbocycles. The number of amides is 4. The Morgan fingerprint density at radius 3 is 1.95 bits per heavy atom. The van der Waals surface area contributed by atoms with Crippen LogP contribution in [0.2, 0.25) is 0 Å². The van der Waals surface area contributed by atoms with Crippen LogP contribution in [0.5, 0.6) is 0 Å². The number of urea groups is 1. The number of rotatable bonds is 10. The number of carbonyl (C=O) groups excluding carboxylic acids is 4. The molecule has 220 valence electrons. The zero-order valence-corrected chi connectivity index (χ0v) is 25.4. The summed E-state index contributed by atoms with van der Waals surface area (Å²) in [5.74, 6) is -1.02. The van der Waals surface area contributed by atoms with Crippen molar-refractivity contribution in [3.05, 3.63) is 51.9 Å². The standard InChI is InChI=1S/C29H42N4O6S/c1-17(2)13-22(25(35)38-28(3,4)5)33(27(37)39-29(6,7)8)16-19-11-9-18(10-12-19)14-20-15-21(23(30)34)24(40-20)32-26(31)36/h9-12,15,17,22H,13-14,16H2,1-8H3,(H2,30,34)(H3,31,32,36). The lowest BCUT2D eigenvalue weighted by molar-refractivity contribution is -0.162. The predicted octanol–water partition coefficient (Wildman–Crippen LogP) is 5.42. The molecular weight excluding hydrogens is 532 g/mol. The highest BCUT2D eigenvalue weighted by Gasteiger charge is 2.36. The Morgan fingerprint density at radius 1 is 0.925 bits per heavy atom. The molecule has 1 atom stereocenters. The molecule has 2 rings (SSSR count). The van der Waals surface area contributed by atoms with Gasteiger partial charge in [-0.2, -0.15) is 0 Å². The number of hydrogen-bond donors (Lipinski definition) is 3. The number of primary amides is 2. The van der Waals surface area contributed by atoms with E-state index in [2.05, 4.69) is 5.32 Å². The lowest BCUT2D eigenvalue weighted by Crippen LogP contribution is -2.49. The largest absolute Gasteiger partial charge is 0.458 e. The molecule has 0 saturated heterocycles. The highest BCUT2D eigenvalue weighted by Crippen LogP contribution is 2.30. The van der Waals surface area contributed by atoms with Crippen molar-refractivity contribution in [1.82, 2.24) is 4.90 Å². The second-order valence-electron chi connectivity index (χ2n) is 12.1. The number of ether oxygens (including phenoxy) is 2. The van der Waals surface area contributed by atoms with Crippen LogP contribution in [0, 0.1) is 5.92 Å². The van der Waals surface area contributed by atoms with Crippen LogP contribution in [0.25, 0.3) is 0 Å². The number of nitrogens with zero attached hydrogens (tertiary/aromatic N) is 1. The molecule has 1 aromatic carbocycles. The Balaban J connectivity index is 2.33. The molecule has 4 amide bonds.